The minimum Gasteiger partial charge on any atom is -0.508 e. The van der Waals surface area contributed by atoms with Crippen molar-refractivity contribution in [2.75, 3.05) is 19.6 Å². The van der Waals surface area contributed by atoms with Crippen molar-refractivity contribution in [2.24, 2.45) is 5.73 Å². The number of amides is 2. The molecule has 0 bridgehead atoms. The molecule has 18 heavy (non-hydrogen) atoms. The molecule has 0 saturated carbocycles. The molecule has 2 rings (SSSR count). The molecule has 1 fully saturated rings. The van der Waals surface area contributed by atoms with Crippen LogP contribution in [0.4, 0.5) is 0 Å². The molecule has 1 aliphatic rings. The first-order valence-electron chi connectivity index (χ1n) is 5.69. The summed E-state index contributed by atoms with van der Waals surface area (Å²) < 4.78 is 0. The monoisotopic (exact) mass is 249 g/mol. The molecule has 0 aliphatic carbocycles. The molecule has 0 spiro atoms. The van der Waals surface area contributed by atoms with Crippen molar-refractivity contribution in [1.82, 2.24) is 10.2 Å². The van der Waals surface area contributed by atoms with E-state index < -0.39 is 11.9 Å². The van der Waals surface area contributed by atoms with E-state index in [0.717, 1.165) is 0 Å². The molecule has 1 atom stereocenters. The molecule has 1 heterocycles. The SMILES string of the molecule is NC(=O)C1CNCCN1C(=O)c1ccc(O)cc1. The quantitative estimate of drug-likeness (QED) is 0.645. The zero-order valence-corrected chi connectivity index (χ0v) is 9.80. The Balaban J connectivity index is 2.20. The van der Waals surface area contributed by atoms with Gasteiger partial charge in [0.15, 0.2) is 0 Å². The Hall–Kier alpha value is -2.08. The minimum atomic E-state index is -0.625. The van der Waals surface area contributed by atoms with Crippen LogP contribution in [0.15, 0.2) is 24.3 Å². The lowest BCUT2D eigenvalue weighted by molar-refractivity contribution is -0.122. The van der Waals surface area contributed by atoms with E-state index >= 15 is 0 Å². The zero-order chi connectivity index (χ0) is 13.1. The number of carbonyl (C=O) groups is 2. The molecule has 1 unspecified atom stereocenters. The lowest BCUT2D eigenvalue weighted by Crippen LogP contribution is -2.58. The summed E-state index contributed by atoms with van der Waals surface area (Å²) in [5, 5.41) is 12.2. The first-order valence-corrected chi connectivity index (χ1v) is 5.69. The predicted molar refractivity (Wildman–Crippen MR) is 65.0 cm³/mol. The number of nitrogens with two attached hydrogens (primary N) is 1. The molecule has 1 aliphatic heterocycles. The van der Waals surface area contributed by atoms with Gasteiger partial charge < -0.3 is 21.1 Å². The third-order valence-corrected chi connectivity index (χ3v) is 2.95. The van der Waals surface area contributed by atoms with Gasteiger partial charge in [0.05, 0.1) is 0 Å². The summed E-state index contributed by atoms with van der Waals surface area (Å²) in [6.07, 6.45) is 0. The standard InChI is InChI=1S/C12H15N3O3/c13-11(17)10-7-14-5-6-15(10)12(18)8-1-3-9(16)4-2-8/h1-4,10,14,16H,5-7H2,(H2,13,17). The van der Waals surface area contributed by atoms with Crippen LogP contribution in [-0.4, -0.2) is 47.5 Å². The number of nitrogens with zero attached hydrogens (tertiary/aromatic N) is 1. The maximum absolute atomic E-state index is 12.2. The van der Waals surface area contributed by atoms with E-state index in [4.69, 9.17) is 5.73 Å². The Morgan fingerprint density at radius 3 is 2.61 bits per heavy atom. The van der Waals surface area contributed by atoms with Gasteiger partial charge >= 0.3 is 0 Å². The second-order valence-electron chi connectivity index (χ2n) is 4.17. The molecule has 2 amide bonds. The Morgan fingerprint density at radius 1 is 1.33 bits per heavy atom. The number of piperazine rings is 1. The van der Waals surface area contributed by atoms with Crippen molar-refractivity contribution >= 4 is 11.8 Å². The van der Waals surface area contributed by atoms with Crippen molar-refractivity contribution in [3.8, 4) is 5.75 Å². The van der Waals surface area contributed by atoms with Gasteiger partial charge in [-0.3, -0.25) is 9.59 Å². The summed E-state index contributed by atoms with van der Waals surface area (Å²) in [7, 11) is 0. The predicted octanol–water partition coefficient (Wildman–Crippen LogP) is -0.708. The smallest absolute Gasteiger partial charge is 0.254 e. The van der Waals surface area contributed by atoms with Crippen LogP contribution < -0.4 is 11.1 Å². The van der Waals surface area contributed by atoms with E-state index in [9.17, 15) is 14.7 Å². The molecule has 0 aromatic heterocycles. The first-order chi connectivity index (χ1) is 8.59. The molecule has 1 aromatic carbocycles. The van der Waals surface area contributed by atoms with Crippen molar-refractivity contribution in [2.45, 2.75) is 6.04 Å². The van der Waals surface area contributed by atoms with Crippen LogP contribution >= 0.6 is 0 Å². The summed E-state index contributed by atoms with van der Waals surface area (Å²) in [6.45, 7) is 1.44. The molecule has 4 N–H and O–H groups in total. The molecular weight excluding hydrogens is 234 g/mol. The van der Waals surface area contributed by atoms with Crippen molar-refractivity contribution in [3.05, 3.63) is 29.8 Å². The van der Waals surface area contributed by atoms with Crippen molar-refractivity contribution < 1.29 is 14.7 Å². The number of primary amides is 1. The number of aromatic hydroxyl groups is 1. The van der Waals surface area contributed by atoms with E-state index in [1.165, 1.54) is 29.2 Å². The average molecular weight is 249 g/mol. The second kappa shape index (κ2) is 5.05. The second-order valence-corrected chi connectivity index (χ2v) is 4.17. The first kappa shape index (κ1) is 12.4. The van der Waals surface area contributed by atoms with Crippen LogP contribution in [0.1, 0.15) is 10.4 Å². The van der Waals surface area contributed by atoms with Crippen LogP contribution in [0.3, 0.4) is 0 Å². The summed E-state index contributed by atoms with van der Waals surface area (Å²) in [4.78, 5) is 25.0. The molecular formula is C12H15N3O3. The van der Waals surface area contributed by atoms with Gasteiger partial charge in [0.1, 0.15) is 11.8 Å². The lowest BCUT2D eigenvalue weighted by Gasteiger charge is -2.34. The van der Waals surface area contributed by atoms with Gasteiger partial charge in [-0.2, -0.15) is 0 Å². The molecule has 1 aromatic rings. The van der Waals surface area contributed by atoms with E-state index in [1.54, 1.807) is 0 Å². The Labute approximate surface area is 104 Å². The van der Waals surface area contributed by atoms with Gasteiger partial charge in [-0.1, -0.05) is 0 Å². The van der Waals surface area contributed by atoms with Crippen LogP contribution in [0.25, 0.3) is 0 Å². The molecule has 6 heteroatoms. The van der Waals surface area contributed by atoms with Gasteiger partial charge in [0.25, 0.3) is 5.91 Å². The van der Waals surface area contributed by atoms with Crippen molar-refractivity contribution in [1.29, 1.82) is 0 Å². The summed E-state index contributed by atoms with van der Waals surface area (Å²) in [5.41, 5.74) is 5.72. The van der Waals surface area contributed by atoms with Crippen LogP contribution in [0.2, 0.25) is 0 Å². The number of rotatable bonds is 2. The third-order valence-electron chi connectivity index (χ3n) is 2.95. The summed E-state index contributed by atoms with van der Waals surface area (Å²) >= 11 is 0. The van der Waals surface area contributed by atoms with Gasteiger partial charge in [-0.15, -0.1) is 0 Å². The number of nitrogens with one attached hydrogen (secondary N) is 1. The highest BCUT2D eigenvalue weighted by Gasteiger charge is 2.30. The number of phenolic OH excluding ortho intramolecular Hbond substituents is 1. The normalized spacial score (nSPS) is 19.6. The van der Waals surface area contributed by atoms with Gasteiger partial charge in [0.2, 0.25) is 5.91 Å². The zero-order valence-electron chi connectivity index (χ0n) is 9.80. The maximum Gasteiger partial charge on any atom is 0.254 e. The van der Waals surface area contributed by atoms with Crippen LogP contribution in [0, 0.1) is 0 Å². The Bertz CT molecular complexity index is 458. The molecule has 1 saturated heterocycles. The highest BCUT2D eigenvalue weighted by atomic mass is 16.3. The minimum absolute atomic E-state index is 0.0957. The third kappa shape index (κ3) is 2.43. The maximum atomic E-state index is 12.2. The highest BCUT2D eigenvalue weighted by molar-refractivity contribution is 5.97. The van der Waals surface area contributed by atoms with Gasteiger partial charge in [0, 0.05) is 25.2 Å². The summed E-state index contributed by atoms with van der Waals surface area (Å²) in [5.74, 6) is -0.673. The Kier molecular flexibility index (Phi) is 3.47. The van der Waals surface area contributed by atoms with Gasteiger partial charge in [-0.05, 0) is 24.3 Å². The fourth-order valence-corrected chi connectivity index (χ4v) is 1.97. The number of phenols is 1. The topological polar surface area (TPSA) is 95.7 Å². The van der Waals surface area contributed by atoms with E-state index in [0.29, 0.717) is 25.2 Å². The molecule has 6 nitrogen and oxygen atoms in total. The largest absolute Gasteiger partial charge is 0.508 e. The fourth-order valence-electron chi connectivity index (χ4n) is 1.97. The van der Waals surface area contributed by atoms with Gasteiger partial charge in [-0.25, -0.2) is 0 Å². The van der Waals surface area contributed by atoms with Crippen molar-refractivity contribution in [3.63, 3.8) is 0 Å². The number of benzene rings is 1. The van der Waals surface area contributed by atoms with E-state index in [-0.39, 0.29) is 11.7 Å². The highest BCUT2D eigenvalue weighted by Crippen LogP contribution is 2.14. The lowest BCUT2D eigenvalue weighted by atomic mass is 10.1. The summed E-state index contributed by atoms with van der Waals surface area (Å²) in [6, 6.07) is 5.30. The van der Waals surface area contributed by atoms with E-state index in [2.05, 4.69) is 5.32 Å². The Morgan fingerprint density at radius 2 is 2.00 bits per heavy atom. The average Bonchev–Trinajstić information content (AvgIpc) is 2.39. The molecule has 96 valence electrons. The number of hydrogen-bond acceptors (Lipinski definition) is 4. The van der Waals surface area contributed by atoms with Crippen LogP contribution in [0.5, 0.6) is 5.75 Å². The number of carbonyl (C=O) groups excluding carboxylic acids is 2. The fraction of sp³-hybridized carbons (Fsp3) is 0.333. The molecule has 0 radical (unpaired) electrons. The van der Waals surface area contributed by atoms with E-state index in [1.807, 2.05) is 0 Å². The van der Waals surface area contributed by atoms with Crippen LogP contribution in [-0.2, 0) is 4.79 Å². The number of hydrogen-bond donors (Lipinski definition) is 3.